The Balaban J connectivity index is 1.07. The van der Waals surface area contributed by atoms with Crippen molar-refractivity contribution < 1.29 is 59.1 Å². The van der Waals surface area contributed by atoms with Crippen molar-refractivity contribution in [2.45, 2.75) is 165 Å². The molecule has 7 fully saturated rings. The first-order chi connectivity index (χ1) is 23.7. The summed E-state index contributed by atoms with van der Waals surface area (Å²) in [6.07, 6.45) is -2.43. The lowest BCUT2D eigenvalue weighted by Gasteiger charge is -2.61. The predicted molar refractivity (Wildman–Crippen MR) is 177 cm³/mol. The van der Waals surface area contributed by atoms with Crippen LogP contribution in [0, 0.1) is 46.3 Å². The van der Waals surface area contributed by atoms with E-state index in [1.165, 1.54) is 5.57 Å². The molecule has 12 heteroatoms. The standard InChI is InChI=1S/C38H60O12/c1-17-8-11-38(46-15-17)18(2)28-26(50-38)14-24-22-7-6-20-12-21(48-35-33(44)31(42)29(40)19(3)47-35)13-27(37(20,5)23(22)9-10-36(24,28)4)49-34-32(43)30(41)25(39)16-45-34/h6,17-19,21-35,39-44H,7-16H2,1-5H3. The van der Waals surface area contributed by atoms with Gasteiger partial charge in [-0.2, -0.15) is 0 Å². The zero-order valence-corrected chi connectivity index (χ0v) is 30.2. The third kappa shape index (κ3) is 5.45. The Morgan fingerprint density at radius 1 is 0.800 bits per heavy atom. The molecule has 4 aliphatic carbocycles. The van der Waals surface area contributed by atoms with Gasteiger partial charge in [0, 0.05) is 24.2 Å². The van der Waals surface area contributed by atoms with Crippen molar-refractivity contribution in [3.63, 3.8) is 0 Å². The Bertz CT molecular complexity index is 1290. The SMILES string of the molecule is CC1CCC2(OC1)OC1CC3C4CC=C5CC(OC6OC(C)C(O)C(O)C6O)CC(OC6OCC(O)C(O)C6O)C5(C)C4CCC3(C)C1C2C. The molecule has 4 heterocycles. The van der Waals surface area contributed by atoms with Crippen LogP contribution in [-0.2, 0) is 28.4 Å². The molecular weight excluding hydrogens is 648 g/mol. The van der Waals surface area contributed by atoms with Crippen LogP contribution in [0.1, 0.15) is 86.0 Å². The van der Waals surface area contributed by atoms with Gasteiger partial charge in [0.15, 0.2) is 18.4 Å². The molecule has 21 atom stereocenters. The minimum Gasteiger partial charge on any atom is -0.388 e. The molecule has 6 N–H and O–H groups in total. The molecule has 3 saturated carbocycles. The average Bonchev–Trinajstić information content (AvgIpc) is 3.53. The second-order valence-corrected chi connectivity index (χ2v) is 17.9. The highest BCUT2D eigenvalue weighted by Crippen LogP contribution is 2.71. The van der Waals surface area contributed by atoms with Crippen LogP contribution < -0.4 is 0 Å². The average molecular weight is 709 g/mol. The van der Waals surface area contributed by atoms with Crippen LogP contribution in [0.15, 0.2) is 11.6 Å². The summed E-state index contributed by atoms with van der Waals surface area (Å²) >= 11 is 0. The van der Waals surface area contributed by atoms with Crippen molar-refractivity contribution >= 4 is 0 Å². The lowest BCUT2D eigenvalue weighted by molar-refractivity contribution is -0.320. The van der Waals surface area contributed by atoms with Crippen molar-refractivity contribution in [2.75, 3.05) is 13.2 Å². The van der Waals surface area contributed by atoms with E-state index >= 15 is 0 Å². The first-order valence-corrected chi connectivity index (χ1v) is 19.4. The number of aliphatic hydroxyl groups is 6. The Hall–Kier alpha value is -0.740. The van der Waals surface area contributed by atoms with Crippen LogP contribution in [0.2, 0.25) is 0 Å². The molecule has 0 aromatic rings. The van der Waals surface area contributed by atoms with E-state index in [2.05, 4.69) is 33.8 Å². The summed E-state index contributed by atoms with van der Waals surface area (Å²) in [6, 6.07) is 0. The highest BCUT2D eigenvalue weighted by atomic mass is 16.7. The minimum absolute atomic E-state index is 0.124. The van der Waals surface area contributed by atoms with Crippen molar-refractivity contribution in [1.29, 1.82) is 0 Å². The maximum absolute atomic E-state index is 11.0. The predicted octanol–water partition coefficient (Wildman–Crippen LogP) is 2.00. The summed E-state index contributed by atoms with van der Waals surface area (Å²) in [6.45, 7) is 11.6. The number of hydrogen-bond acceptors (Lipinski definition) is 12. The van der Waals surface area contributed by atoms with E-state index in [0.717, 1.165) is 45.1 Å². The van der Waals surface area contributed by atoms with E-state index in [-0.39, 0.29) is 24.0 Å². The van der Waals surface area contributed by atoms with Crippen molar-refractivity contribution in [3.05, 3.63) is 11.6 Å². The van der Waals surface area contributed by atoms with Crippen molar-refractivity contribution in [2.24, 2.45) is 46.3 Å². The van der Waals surface area contributed by atoms with Crippen molar-refractivity contribution in [1.82, 2.24) is 0 Å². The van der Waals surface area contributed by atoms with E-state index in [9.17, 15) is 30.6 Å². The van der Waals surface area contributed by atoms with Gasteiger partial charge in [-0.25, -0.2) is 0 Å². The molecule has 50 heavy (non-hydrogen) atoms. The molecule has 284 valence electrons. The molecular formula is C38H60O12. The van der Waals surface area contributed by atoms with Gasteiger partial charge in [-0.1, -0.05) is 39.3 Å². The van der Waals surface area contributed by atoms with Crippen LogP contribution in [0.4, 0.5) is 0 Å². The fraction of sp³-hybridized carbons (Fsp3) is 0.947. The second kappa shape index (κ2) is 12.9. The monoisotopic (exact) mass is 708 g/mol. The summed E-state index contributed by atoms with van der Waals surface area (Å²) < 4.78 is 38.2. The summed E-state index contributed by atoms with van der Waals surface area (Å²) in [5.74, 6) is 2.02. The zero-order valence-electron chi connectivity index (χ0n) is 30.2. The molecule has 21 unspecified atom stereocenters. The molecule has 0 amide bonds. The number of hydrogen-bond donors (Lipinski definition) is 6. The van der Waals surface area contributed by atoms with Crippen LogP contribution in [-0.4, -0.2) is 123 Å². The summed E-state index contributed by atoms with van der Waals surface area (Å²) in [4.78, 5) is 0. The molecule has 1 spiro atoms. The molecule has 4 saturated heterocycles. The van der Waals surface area contributed by atoms with E-state index in [1.807, 2.05) is 0 Å². The molecule has 0 aromatic heterocycles. The van der Waals surface area contributed by atoms with Gasteiger partial charge in [-0.3, -0.25) is 0 Å². The van der Waals surface area contributed by atoms with Crippen molar-refractivity contribution in [3.8, 4) is 0 Å². The first kappa shape index (κ1) is 36.2. The van der Waals surface area contributed by atoms with E-state index in [1.54, 1.807) is 6.92 Å². The highest BCUT2D eigenvalue weighted by Gasteiger charge is 2.69. The zero-order chi connectivity index (χ0) is 35.5. The maximum Gasteiger partial charge on any atom is 0.186 e. The summed E-state index contributed by atoms with van der Waals surface area (Å²) in [7, 11) is 0. The quantitative estimate of drug-likeness (QED) is 0.235. The summed E-state index contributed by atoms with van der Waals surface area (Å²) in [5.41, 5.74) is 0.885. The van der Waals surface area contributed by atoms with Crippen LogP contribution in [0.5, 0.6) is 0 Å². The van der Waals surface area contributed by atoms with E-state index < -0.39 is 78.7 Å². The van der Waals surface area contributed by atoms with Gasteiger partial charge in [0.2, 0.25) is 0 Å². The Morgan fingerprint density at radius 2 is 1.56 bits per heavy atom. The van der Waals surface area contributed by atoms with Gasteiger partial charge in [0.25, 0.3) is 0 Å². The topological polar surface area (TPSA) is 177 Å². The molecule has 8 aliphatic rings. The van der Waals surface area contributed by atoms with Gasteiger partial charge in [0.1, 0.15) is 36.6 Å². The molecule has 0 aromatic carbocycles. The maximum atomic E-state index is 11.0. The largest absolute Gasteiger partial charge is 0.388 e. The normalized spacial score (nSPS) is 59.3. The number of fused-ring (bicyclic) bond motifs is 7. The van der Waals surface area contributed by atoms with Gasteiger partial charge < -0.3 is 59.1 Å². The number of ether oxygens (including phenoxy) is 6. The van der Waals surface area contributed by atoms with Gasteiger partial charge in [-0.15, -0.1) is 0 Å². The second-order valence-electron chi connectivity index (χ2n) is 17.9. The smallest absolute Gasteiger partial charge is 0.186 e. The fourth-order valence-electron chi connectivity index (χ4n) is 12.4. The van der Waals surface area contributed by atoms with E-state index in [0.29, 0.717) is 42.4 Å². The lowest BCUT2D eigenvalue weighted by Crippen LogP contribution is -2.61. The van der Waals surface area contributed by atoms with Crippen LogP contribution >= 0.6 is 0 Å². The molecule has 0 radical (unpaired) electrons. The van der Waals surface area contributed by atoms with Crippen LogP contribution in [0.25, 0.3) is 0 Å². The molecule has 4 aliphatic heterocycles. The van der Waals surface area contributed by atoms with Gasteiger partial charge >= 0.3 is 0 Å². The van der Waals surface area contributed by atoms with Crippen LogP contribution in [0.3, 0.4) is 0 Å². The number of allylic oxidation sites excluding steroid dienone is 1. The Labute approximate surface area is 295 Å². The number of rotatable bonds is 4. The molecule has 12 nitrogen and oxygen atoms in total. The van der Waals surface area contributed by atoms with E-state index in [4.69, 9.17) is 28.4 Å². The molecule has 8 rings (SSSR count). The summed E-state index contributed by atoms with van der Waals surface area (Å²) in [5, 5.41) is 63.1. The number of aliphatic hydroxyl groups excluding tert-OH is 6. The lowest BCUT2D eigenvalue weighted by atomic mass is 9.46. The molecule has 0 bridgehead atoms. The third-order valence-electron chi connectivity index (χ3n) is 15.3. The minimum atomic E-state index is -1.43. The van der Waals surface area contributed by atoms with Gasteiger partial charge in [0.05, 0.1) is 37.6 Å². The highest BCUT2D eigenvalue weighted by molar-refractivity contribution is 5.29. The Morgan fingerprint density at radius 3 is 2.30 bits per heavy atom. The van der Waals surface area contributed by atoms with Gasteiger partial charge in [-0.05, 0) is 80.5 Å². The fourth-order valence-corrected chi connectivity index (χ4v) is 12.4. The Kier molecular flexibility index (Phi) is 9.38. The first-order valence-electron chi connectivity index (χ1n) is 19.4. The third-order valence-corrected chi connectivity index (χ3v) is 15.3.